The van der Waals surface area contributed by atoms with Gasteiger partial charge in [-0.15, -0.1) is 0 Å². The fourth-order valence-corrected chi connectivity index (χ4v) is 3.60. The molecule has 0 radical (unpaired) electrons. The van der Waals surface area contributed by atoms with Gasteiger partial charge in [-0.2, -0.15) is 0 Å². The van der Waals surface area contributed by atoms with Gasteiger partial charge in [0.15, 0.2) is 6.29 Å². The minimum absolute atomic E-state index is 0.130. The van der Waals surface area contributed by atoms with Gasteiger partial charge in [0.1, 0.15) is 0 Å². The highest BCUT2D eigenvalue weighted by Gasteiger charge is 2.27. The lowest BCUT2D eigenvalue weighted by molar-refractivity contribution is -0.195. The van der Waals surface area contributed by atoms with Crippen molar-refractivity contribution in [1.82, 2.24) is 0 Å². The third kappa shape index (κ3) is 11.7. The molecule has 1 fully saturated rings. The van der Waals surface area contributed by atoms with Crippen LogP contribution in [0.1, 0.15) is 104 Å². The number of carboxylic acid groups (broad SMARTS) is 1. The first-order valence-corrected chi connectivity index (χ1v) is 11.2. The maximum Gasteiger partial charge on any atom is 0.308 e. The van der Waals surface area contributed by atoms with E-state index in [-0.39, 0.29) is 12.4 Å². The predicted octanol–water partition coefficient (Wildman–Crippen LogP) is 5.29. The highest BCUT2D eigenvalue weighted by molar-refractivity contribution is 5.70. The Hall–Kier alpha value is -0.650. The van der Waals surface area contributed by atoms with Crippen LogP contribution in [0.2, 0.25) is 0 Å². The van der Waals surface area contributed by atoms with E-state index in [2.05, 4.69) is 6.92 Å². The van der Waals surface area contributed by atoms with Gasteiger partial charge >= 0.3 is 5.97 Å². The summed E-state index contributed by atoms with van der Waals surface area (Å²) in [5.41, 5.74) is 0. The van der Waals surface area contributed by atoms with Gasteiger partial charge in [-0.3, -0.25) is 4.79 Å². The van der Waals surface area contributed by atoms with E-state index in [1.807, 2.05) is 0 Å². The van der Waals surface area contributed by atoms with Gasteiger partial charge in [-0.25, -0.2) is 0 Å². The molecule has 1 rings (SSSR count). The normalized spacial score (nSPS) is 20.9. The monoisotopic (exact) mass is 386 g/mol. The fraction of sp³-hybridized carbons (Fsp3) is 0.955. The number of aliphatic hydroxyl groups is 1. The van der Waals surface area contributed by atoms with E-state index in [9.17, 15) is 9.90 Å². The summed E-state index contributed by atoms with van der Waals surface area (Å²) < 4.78 is 11.8. The van der Waals surface area contributed by atoms with Crippen molar-refractivity contribution in [2.45, 2.75) is 122 Å². The lowest BCUT2D eigenvalue weighted by Gasteiger charge is -2.29. The highest BCUT2D eigenvalue weighted by Crippen LogP contribution is 2.23. The summed E-state index contributed by atoms with van der Waals surface area (Å²) in [6, 6.07) is 0. The van der Waals surface area contributed by atoms with Gasteiger partial charge < -0.3 is 19.7 Å². The van der Waals surface area contributed by atoms with E-state index in [0.29, 0.717) is 6.42 Å². The molecule has 5 nitrogen and oxygen atoms in total. The lowest BCUT2D eigenvalue weighted by Crippen LogP contribution is -2.34. The molecule has 1 aliphatic heterocycles. The Morgan fingerprint density at radius 1 is 1.07 bits per heavy atom. The molecule has 2 N–H and O–H groups in total. The molecule has 0 aliphatic carbocycles. The largest absolute Gasteiger partial charge is 0.481 e. The van der Waals surface area contributed by atoms with Crippen molar-refractivity contribution in [3.8, 4) is 0 Å². The average Bonchev–Trinajstić information content (AvgIpc) is 2.66. The Morgan fingerprint density at radius 3 is 2.26 bits per heavy atom. The predicted molar refractivity (Wildman–Crippen MR) is 108 cm³/mol. The van der Waals surface area contributed by atoms with Gasteiger partial charge in [0.25, 0.3) is 0 Å². The number of carboxylic acids is 1. The van der Waals surface area contributed by atoms with Crippen LogP contribution in [0.3, 0.4) is 0 Å². The molecule has 0 amide bonds. The SMILES string of the molecule is CCCCCCCCCCCC(CC(O)C(C)C(=O)O)O[C@@H]1CCCCO1. The molecule has 0 bridgehead atoms. The number of hydrogen-bond acceptors (Lipinski definition) is 4. The molecule has 1 heterocycles. The van der Waals surface area contributed by atoms with Crippen LogP contribution in [-0.4, -0.2) is 41.3 Å². The third-order valence-electron chi connectivity index (χ3n) is 5.58. The molecule has 3 unspecified atom stereocenters. The molecule has 5 heteroatoms. The number of hydrogen-bond donors (Lipinski definition) is 2. The Bertz CT molecular complexity index is 368. The molecular formula is C22H42O5. The van der Waals surface area contributed by atoms with E-state index < -0.39 is 18.0 Å². The molecule has 0 aromatic heterocycles. The number of unbranched alkanes of at least 4 members (excludes halogenated alkanes) is 8. The third-order valence-corrected chi connectivity index (χ3v) is 5.58. The van der Waals surface area contributed by atoms with Crippen molar-refractivity contribution in [1.29, 1.82) is 0 Å². The number of rotatable bonds is 16. The first-order valence-electron chi connectivity index (χ1n) is 11.2. The van der Waals surface area contributed by atoms with Crippen LogP contribution >= 0.6 is 0 Å². The number of carbonyl (C=O) groups is 1. The minimum Gasteiger partial charge on any atom is -0.481 e. The zero-order valence-electron chi connectivity index (χ0n) is 17.5. The zero-order valence-corrected chi connectivity index (χ0v) is 17.5. The second kappa shape index (κ2) is 15.3. The van der Waals surface area contributed by atoms with Gasteiger partial charge in [0.05, 0.1) is 18.1 Å². The van der Waals surface area contributed by atoms with E-state index in [0.717, 1.165) is 38.7 Å². The first kappa shape index (κ1) is 24.4. The van der Waals surface area contributed by atoms with Crippen molar-refractivity contribution in [3.63, 3.8) is 0 Å². The van der Waals surface area contributed by atoms with Gasteiger partial charge in [-0.05, 0) is 32.6 Å². The molecule has 0 aromatic carbocycles. The van der Waals surface area contributed by atoms with Crippen LogP contribution < -0.4 is 0 Å². The van der Waals surface area contributed by atoms with Crippen molar-refractivity contribution in [3.05, 3.63) is 0 Å². The molecule has 160 valence electrons. The molecular weight excluding hydrogens is 344 g/mol. The number of aliphatic hydroxyl groups excluding tert-OH is 1. The average molecular weight is 387 g/mol. The molecule has 1 saturated heterocycles. The summed E-state index contributed by atoms with van der Waals surface area (Å²) in [4.78, 5) is 11.1. The van der Waals surface area contributed by atoms with Gasteiger partial charge in [-0.1, -0.05) is 64.7 Å². The zero-order chi connectivity index (χ0) is 19.9. The Balaban J connectivity index is 2.29. The highest BCUT2D eigenvalue weighted by atomic mass is 16.7. The Labute approximate surface area is 165 Å². The van der Waals surface area contributed by atoms with Crippen LogP contribution in [0.15, 0.2) is 0 Å². The van der Waals surface area contributed by atoms with Crippen LogP contribution in [0, 0.1) is 5.92 Å². The van der Waals surface area contributed by atoms with E-state index in [1.54, 1.807) is 6.92 Å². The lowest BCUT2D eigenvalue weighted by atomic mass is 9.96. The van der Waals surface area contributed by atoms with Crippen LogP contribution in [0.4, 0.5) is 0 Å². The second-order valence-electron chi connectivity index (χ2n) is 8.10. The molecule has 4 atom stereocenters. The molecule has 27 heavy (non-hydrogen) atoms. The van der Waals surface area contributed by atoms with E-state index >= 15 is 0 Å². The van der Waals surface area contributed by atoms with Gasteiger partial charge in [0, 0.05) is 13.0 Å². The minimum atomic E-state index is -0.960. The van der Waals surface area contributed by atoms with E-state index in [1.165, 1.54) is 51.4 Å². The molecule has 0 aromatic rings. The topological polar surface area (TPSA) is 76.0 Å². The van der Waals surface area contributed by atoms with Crippen LogP contribution in [0.5, 0.6) is 0 Å². The first-order chi connectivity index (χ1) is 13.0. The van der Waals surface area contributed by atoms with Crippen molar-refractivity contribution < 1.29 is 24.5 Å². The summed E-state index contributed by atoms with van der Waals surface area (Å²) in [6.45, 7) is 4.52. The van der Waals surface area contributed by atoms with Crippen molar-refractivity contribution in [2.24, 2.45) is 5.92 Å². The Kier molecular flexibility index (Phi) is 13.8. The molecule has 0 spiro atoms. The van der Waals surface area contributed by atoms with E-state index in [4.69, 9.17) is 14.6 Å². The van der Waals surface area contributed by atoms with Crippen molar-refractivity contribution >= 4 is 5.97 Å². The maximum atomic E-state index is 11.1. The number of ether oxygens (including phenoxy) is 2. The smallest absolute Gasteiger partial charge is 0.308 e. The maximum absolute atomic E-state index is 11.1. The summed E-state index contributed by atoms with van der Waals surface area (Å²) >= 11 is 0. The summed E-state index contributed by atoms with van der Waals surface area (Å²) in [5, 5.41) is 19.3. The van der Waals surface area contributed by atoms with Crippen LogP contribution in [-0.2, 0) is 14.3 Å². The Morgan fingerprint density at radius 2 is 1.70 bits per heavy atom. The standard InChI is InChI=1S/C22H42O5/c1-3-4-5-6-7-8-9-10-11-14-19(17-20(23)18(2)22(24)25)27-21-15-12-13-16-26-21/h18-21,23H,3-17H2,1-2H3,(H,24,25)/t18?,19?,20?,21-/m1/s1. The quantitative estimate of drug-likeness (QED) is 0.352. The van der Waals surface area contributed by atoms with Crippen LogP contribution in [0.25, 0.3) is 0 Å². The van der Waals surface area contributed by atoms with Crippen molar-refractivity contribution in [2.75, 3.05) is 6.61 Å². The van der Waals surface area contributed by atoms with Gasteiger partial charge in [0.2, 0.25) is 0 Å². The number of aliphatic carboxylic acids is 1. The summed E-state index contributed by atoms with van der Waals surface area (Å²) in [7, 11) is 0. The summed E-state index contributed by atoms with van der Waals surface area (Å²) in [6.07, 6.45) is 14.5. The summed E-state index contributed by atoms with van der Waals surface area (Å²) in [5.74, 6) is -1.73. The molecule has 0 saturated carbocycles. The molecule has 1 aliphatic rings. The fourth-order valence-electron chi connectivity index (χ4n) is 3.60. The second-order valence-corrected chi connectivity index (χ2v) is 8.10.